The zero-order chi connectivity index (χ0) is 15.4. The lowest BCUT2D eigenvalue weighted by atomic mass is 10.0. The van der Waals surface area contributed by atoms with Crippen molar-refractivity contribution >= 4 is 17.4 Å². The maximum atomic E-state index is 11.9. The summed E-state index contributed by atoms with van der Waals surface area (Å²) in [5.41, 5.74) is 1.05. The maximum absolute atomic E-state index is 11.9. The molecule has 116 valence electrons. The molecule has 2 heterocycles. The van der Waals surface area contributed by atoms with Gasteiger partial charge in [0.15, 0.2) is 0 Å². The van der Waals surface area contributed by atoms with E-state index in [2.05, 4.69) is 10.6 Å². The summed E-state index contributed by atoms with van der Waals surface area (Å²) in [6.07, 6.45) is 0.735. The minimum Gasteiger partial charge on any atom is -0.497 e. The average molecular weight is 318 g/mol. The van der Waals surface area contributed by atoms with Gasteiger partial charge in [0.05, 0.1) is 19.7 Å². The highest BCUT2D eigenvalue weighted by molar-refractivity contribution is 7.09. The number of benzene rings is 1. The zero-order valence-corrected chi connectivity index (χ0v) is 13.1. The first-order valence-electron chi connectivity index (χ1n) is 7.11. The Morgan fingerprint density at radius 1 is 1.45 bits per heavy atom. The molecule has 0 bridgehead atoms. The van der Waals surface area contributed by atoms with Crippen LogP contribution in [0.5, 0.6) is 11.5 Å². The van der Waals surface area contributed by atoms with Crippen LogP contribution in [0.4, 0.5) is 4.79 Å². The second-order valence-corrected chi connectivity index (χ2v) is 6.12. The molecule has 0 unspecified atom stereocenters. The SMILES string of the molecule is COc1ccc2c(c1)C[C@H](NC(=O)NCc1cccs1)CO2. The molecule has 2 N–H and O–H groups in total. The monoisotopic (exact) mass is 318 g/mol. The van der Waals surface area contributed by atoms with Crippen LogP contribution in [0.1, 0.15) is 10.4 Å². The Labute approximate surface area is 133 Å². The van der Waals surface area contributed by atoms with Gasteiger partial charge in [0.2, 0.25) is 0 Å². The lowest BCUT2D eigenvalue weighted by Gasteiger charge is -2.26. The van der Waals surface area contributed by atoms with Crippen molar-refractivity contribution in [3.05, 3.63) is 46.2 Å². The van der Waals surface area contributed by atoms with Crippen LogP contribution in [0.25, 0.3) is 0 Å². The second kappa shape index (κ2) is 6.70. The molecular formula is C16H18N2O3S. The molecule has 3 rings (SSSR count). The van der Waals surface area contributed by atoms with Crippen LogP contribution in [-0.2, 0) is 13.0 Å². The van der Waals surface area contributed by atoms with E-state index >= 15 is 0 Å². The van der Waals surface area contributed by atoms with E-state index in [0.29, 0.717) is 13.2 Å². The third-order valence-corrected chi connectivity index (χ3v) is 4.39. The molecule has 5 nitrogen and oxygen atoms in total. The number of hydrogen-bond acceptors (Lipinski definition) is 4. The van der Waals surface area contributed by atoms with E-state index in [0.717, 1.165) is 28.4 Å². The van der Waals surface area contributed by atoms with Crippen LogP contribution in [0.3, 0.4) is 0 Å². The van der Waals surface area contributed by atoms with Gasteiger partial charge >= 0.3 is 6.03 Å². The molecule has 0 spiro atoms. The lowest BCUT2D eigenvalue weighted by molar-refractivity contribution is 0.214. The predicted octanol–water partition coefficient (Wildman–Crippen LogP) is 2.56. The molecule has 1 aliphatic rings. The van der Waals surface area contributed by atoms with Gasteiger partial charge in [-0.1, -0.05) is 6.07 Å². The molecule has 0 saturated heterocycles. The van der Waals surface area contributed by atoms with E-state index in [1.807, 2.05) is 35.7 Å². The Balaban J connectivity index is 1.54. The van der Waals surface area contributed by atoms with Crippen molar-refractivity contribution in [2.75, 3.05) is 13.7 Å². The van der Waals surface area contributed by atoms with Crippen LogP contribution >= 0.6 is 11.3 Å². The molecule has 1 aliphatic heterocycles. The second-order valence-electron chi connectivity index (χ2n) is 5.09. The number of thiophene rings is 1. The topological polar surface area (TPSA) is 59.6 Å². The van der Waals surface area contributed by atoms with Crippen molar-refractivity contribution in [1.82, 2.24) is 10.6 Å². The Morgan fingerprint density at radius 3 is 3.14 bits per heavy atom. The minimum atomic E-state index is -0.173. The first-order chi connectivity index (χ1) is 10.7. The van der Waals surface area contributed by atoms with Crippen molar-refractivity contribution in [2.24, 2.45) is 0 Å². The van der Waals surface area contributed by atoms with E-state index < -0.39 is 0 Å². The highest BCUT2D eigenvalue weighted by atomic mass is 32.1. The van der Waals surface area contributed by atoms with E-state index in [4.69, 9.17) is 9.47 Å². The van der Waals surface area contributed by atoms with Gasteiger partial charge in [0, 0.05) is 4.88 Å². The van der Waals surface area contributed by atoms with E-state index in [9.17, 15) is 4.79 Å². The molecule has 6 heteroatoms. The van der Waals surface area contributed by atoms with E-state index in [1.54, 1.807) is 18.4 Å². The number of nitrogens with one attached hydrogen (secondary N) is 2. The Hall–Kier alpha value is -2.21. The largest absolute Gasteiger partial charge is 0.497 e. The highest BCUT2D eigenvalue weighted by Gasteiger charge is 2.21. The van der Waals surface area contributed by atoms with E-state index in [-0.39, 0.29) is 12.1 Å². The van der Waals surface area contributed by atoms with Crippen LogP contribution in [-0.4, -0.2) is 25.8 Å². The number of fused-ring (bicyclic) bond motifs is 1. The first-order valence-corrected chi connectivity index (χ1v) is 7.99. The fraction of sp³-hybridized carbons (Fsp3) is 0.312. The van der Waals surface area contributed by atoms with Crippen LogP contribution in [0.15, 0.2) is 35.7 Å². The third kappa shape index (κ3) is 3.51. The van der Waals surface area contributed by atoms with Gasteiger partial charge in [-0.2, -0.15) is 0 Å². The van der Waals surface area contributed by atoms with Crippen molar-refractivity contribution in [2.45, 2.75) is 19.0 Å². The molecule has 0 aliphatic carbocycles. The zero-order valence-electron chi connectivity index (χ0n) is 12.3. The van der Waals surface area contributed by atoms with Crippen molar-refractivity contribution < 1.29 is 14.3 Å². The summed E-state index contributed by atoms with van der Waals surface area (Å²) in [4.78, 5) is 13.1. The van der Waals surface area contributed by atoms with Gasteiger partial charge in [0.25, 0.3) is 0 Å². The van der Waals surface area contributed by atoms with Crippen LogP contribution in [0, 0.1) is 0 Å². The van der Waals surface area contributed by atoms with Crippen molar-refractivity contribution in [3.63, 3.8) is 0 Å². The van der Waals surface area contributed by atoms with Gasteiger partial charge in [-0.05, 0) is 41.6 Å². The Bertz CT molecular complexity index is 643. The number of rotatable bonds is 4. The summed E-state index contributed by atoms with van der Waals surface area (Å²) >= 11 is 1.62. The number of carbonyl (C=O) groups excluding carboxylic acids is 1. The standard InChI is InChI=1S/C16H18N2O3S/c1-20-13-4-5-15-11(8-13)7-12(10-21-15)18-16(19)17-9-14-3-2-6-22-14/h2-6,8,12H,7,9-10H2,1H3,(H2,17,18,19)/t12-/m0/s1. The quantitative estimate of drug-likeness (QED) is 0.911. The summed E-state index contributed by atoms with van der Waals surface area (Å²) in [7, 11) is 1.64. The minimum absolute atomic E-state index is 0.0389. The summed E-state index contributed by atoms with van der Waals surface area (Å²) in [6.45, 7) is 1.02. The summed E-state index contributed by atoms with van der Waals surface area (Å²) in [5.74, 6) is 1.66. The van der Waals surface area contributed by atoms with Gasteiger partial charge in [-0.25, -0.2) is 4.79 Å². The number of hydrogen-bond donors (Lipinski definition) is 2. The molecule has 0 fully saturated rings. The molecule has 1 aromatic heterocycles. The molecule has 1 aromatic carbocycles. The molecule has 0 saturated carbocycles. The van der Waals surface area contributed by atoms with E-state index in [1.165, 1.54) is 0 Å². The summed E-state index contributed by atoms with van der Waals surface area (Å²) in [5, 5.41) is 7.80. The molecular weight excluding hydrogens is 300 g/mol. The number of carbonyl (C=O) groups is 1. The smallest absolute Gasteiger partial charge is 0.315 e. The maximum Gasteiger partial charge on any atom is 0.315 e. The lowest BCUT2D eigenvalue weighted by Crippen LogP contribution is -2.46. The van der Waals surface area contributed by atoms with Gasteiger partial charge in [-0.15, -0.1) is 11.3 Å². The molecule has 2 aromatic rings. The third-order valence-electron chi connectivity index (χ3n) is 3.51. The van der Waals surface area contributed by atoms with Crippen molar-refractivity contribution in [1.29, 1.82) is 0 Å². The average Bonchev–Trinajstić information content (AvgIpc) is 3.05. The number of amides is 2. The number of ether oxygens (including phenoxy) is 2. The Kier molecular flexibility index (Phi) is 4.48. The highest BCUT2D eigenvalue weighted by Crippen LogP contribution is 2.28. The number of methoxy groups -OCH3 is 1. The van der Waals surface area contributed by atoms with Gasteiger partial charge in [-0.3, -0.25) is 0 Å². The fourth-order valence-corrected chi connectivity index (χ4v) is 3.05. The molecule has 0 radical (unpaired) electrons. The molecule has 1 atom stereocenters. The summed E-state index contributed by atoms with van der Waals surface area (Å²) in [6, 6.07) is 9.49. The first kappa shape index (κ1) is 14.7. The molecule has 2 amide bonds. The number of urea groups is 1. The normalized spacial score (nSPS) is 16.3. The van der Waals surface area contributed by atoms with Crippen LogP contribution < -0.4 is 20.1 Å². The molecule has 22 heavy (non-hydrogen) atoms. The predicted molar refractivity (Wildman–Crippen MR) is 85.7 cm³/mol. The van der Waals surface area contributed by atoms with Gasteiger partial charge < -0.3 is 20.1 Å². The Morgan fingerprint density at radius 2 is 2.36 bits per heavy atom. The van der Waals surface area contributed by atoms with Crippen molar-refractivity contribution in [3.8, 4) is 11.5 Å². The summed E-state index contributed by atoms with van der Waals surface area (Å²) < 4.78 is 10.9. The van der Waals surface area contributed by atoms with Gasteiger partial charge in [0.1, 0.15) is 18.1 Å². The van der Waals surface area contributed by atoms with Crippen LogP contribution in [0.2, 0.25) is 0 Å². The fourth-order valence-electron chi connectivity index (χ4n) is 2.41.